The molecule has 0 radical (unpaired) electrons. The van der Waals surface area contributed by atoms with Crippen LogP contribution in [0.1, 0.15) is 23.6 Å². The number of nitrogens with zero attached hydrogens (tertiary/aromatic N) is 4. The fraction of sp³-hybridized carbons (Fsp3) is 0.500. The molecule has 31 heavy (non-hydrogen) atoms. The van der Waals surface area contributed by atoms with Crippen LogP contribution in [-0.4, -0.2) is 65.3 Å². The lowest BCUT2D eigenvalue weighted by Crippen LogP contribution is -2.49. The van der Waals surface area contributed by atoms with Crippen molar-refractivity contribution in [2.24, 2.45) is 5.92 Å². The number of carbonyl (C=O) groups is 1. The Morgan fingerprint density at radius 1 is 1.26 bits per heavy atom. The van der Waals surface area contributed by atoms with E-state index < -0.39 is 0 Å². The van der Waals surface area contributed by atoms with E-state index in [1.54, 1.807) is 22.7 Å². The van der Waals surface area contributed by atoms with E-state index in [0.717, 1.165) is 40.4 Å². The molecule has 1 aliphatic rings. The summed E-state index contributed by atoms with van der Waals surface area (Å²) in [6.07, 6.45) is 1.42. The monoisotopic (exact) mass is 460 g/mol. The second-order valence-electron chi connectivity index (χ2n) is 7.84. The number of piperazine rings is 1. The highest BCUT2D eigenvalue weighted by atomic mass is 32.1. The number of hydrogen-bond acceptors (Lipinski definition) is 8. The highest BCUT2D eigenvalue weighted by molar-refractivity contribution is 7.18. The third kappa shape index (κ3) is 5.16. The number of rotatable bonds is 8. The number of ether oxygens (including phenoxy) is 1. The van der Waals surface area contributed by atoms with Gasteiger partial charge in [0.15, 0.2) is 0 Å². The molecule has 1 fully saturated rings. The summed E-state index contributed by atoms with van der Waals surface area (Å²) in [6, 6.07) is 6.52. The van der Waals surface area contributed by atoms with Gasteiger partial charge in [-0.05, 0) is 23.9 Å². The molecular weight excluding hydrogens is 432 g/mol. The van der Waals surface area contributed by atoms with Crippen molar-refractivity contribution in [1.82, 2.24) is 14.9 Å². The molecule has 0 spiro atoms. The zero-order valence-electron chi connectivity index (χ0n) is 17.9. The predicted octanol–water partition coefficient (Wildman–Crippen LogP) is 3.21. The Balaban J connectivity index is 1.50. The SMILES string of the molecule is CCc1cc2c(N3CCN(C(=O)Cc4cccs4)CC3)nc(OC[C@H](C)CO)nc2s1. The molecule has 7 nitrogen and oxygen atoms in total. The van der Waals surface area contributed by atoms with Gasteiger partial charge in [-0.2, -0.15) is 9.97 Å². The first-order chi connectivity index (χ1) is 15.1. The number of amides is 1. The molecule has 0 saturated carbocycles. The topological polar surface area (TPSA) is 78.8 Å². The molecule has 1 saturated heterocycles. The van der Waals surface area contributed by atoms with Crippen molar-refractivity contribution in [2.75, 3.05) is 44.3 Å². The van der Waals surface area contributed by atoms with E-state index in [1.165, 1.54) is 4.88 Å². The first kappa shape index (κ1) is 22.0. The van der Waals surface area contributed by atoms with Gasteiger partial charge in [0, 0.05) is 48.5 Å². The lowest BCUT2D eigenvalue weighted by atomic mass is 10.2. The predicted molar refractivity (Wildman–Crippen MR) is 125 cm³/mol. The summed E-state index contributed by atoms with van der Waals surface area (Å²) in [6.45, 7) is 7.31. The van der Waals surface area contributed by atoms with Crippen molar-refractivity contribution in [3.05, 3.63) is 33.3 Å². The Morgan fingerprint density at radius 2 is 2.06 bits per heavy atom. The van der Waals surface area contributed by atoms with E-state index >= 15 is 0 Å². The summed E-state index contributed by atoms with van der Waals surface area (Å²) >= 11 is 3.29. The number of anilines is 1. The van der Waals surface area contributed by atoms with Gasteiger partial charge in [0.25, 0.3) is 0 Å². The maximum atomic E-state index is 12.6. The van der Waals surface area contributed by atoms with Crippen LogP contribution in [0.2, 0.25) is 0 Å². The van der Waals surface area contributed by atoms with Gasteiger partial charge in [0.1, 0.15) is 10.6 Å². The summed E-state index contributed by atoms with van der Waals surface area (Å²) in [4.78, 5) is 29.4. The molecule has 166 valence electrons. The smallest absolute Gasteiger partial charge is 0.319 e. The Labute approximate surface area is 190 Å². The molecule has 0 bridgehead atoms. The number of aliphatic hydroxyl groups excluding tert-OH is 1. The zero-order valence-corrected chi connectivity index (χ0v) is 19.5. The molecular formula is C22H28N4O3S2. The number of aryl methyl sites for hydroxylation is 1. The maximum absolute atomic E-state index is 12.6. The van der Waals surface area contributed by atoms with Crippen LogP contribution in [0.3, 0.4) is 0 Å². The lowest BCUT2D eigenvalue weighted by Gasteiger charge is -2.35. The largest absolute Gasteiger partial charge is 0.463 e. The van der Waals surface area contributed by atoms with Crippen LogP contribution in [0.4, 0.5) is 5.82 Å². The summed E-state index contributed by atoms with van der Waals surface area (Å²) < 4.78 is 5.79. The van der Waals surface area contributed by atoms with Crippen molar-refractivity contribution in [1.29, 1.82) is 0 Å². The van der Waals surface area contributed by atoms with Gasteiger partial charge in [-0.25, -0.2) is 0 Å². The Morgan fingerprint density at radius 3 is 2.74 bits per heavy atom. The summed E-state index contributed by atoms with van der Waals surface area (Å²) in [7, 11) is 0. The van der Waals surface area contributed by atoms with Gasteiger partial charge >= 0.3 is 6.01 Å². The third-order valence-electron chi connectivity index (χ3n) is 5.40. The van der Waals surface area contributed by atoms with Crippen LogP contribution in [-0.2, 0) is 17.6 Å². The Hall–Kier alpha value is -2.23. The average molecular weight is 461 g/mol. The molecule has 1 amide bonds. The van der Waals surface area contributed by atoms with Crippen molar-refractivity contribution < 1.29 is 14.6 Å². The van der Waals surface area contributed by atoms with Gasteiger partial charge < -0.3 is 19.6 Å². The molecule has 3 aromatic heterocycles. The minimum atomic E-state index is 0.0233. The van der Waals surface area contributed by atoms with Gasteiger partial charge in [0.2, 0.25) is 5.91 Å². The molecule has 0 unspecified atom stereocenters. The van der Waals surface area contributed by atoms with Crippen LogP contribution in [0.15, 0.2) is 23.6 Å². The number of aliphatic hydroxyl groups is 1. The third-order valence-corrected chi connectivity index (χ3v) is 7.45. The normalized spacial score (nSPS) is 15.5. The molecule has 1 aliphatic heterocycles. The maximum Gasteiger partial charge on any atom is 0.319 e. The molecule has 4 rings (SSSR count). The van der Waals surface area contributed by atoms with Crippen LogP contribution in [0, 0.1) is 5.92 Å². The van der Waals surface area contributed by atoms with Crippen LogP contribution in [0.25, 0.3) is 10.2 Å². The molecule has 1 N–H and O–H groups in total. The minimum absolute atomic E-state index is 0.0233. The fourth-order valence-electron chi connectivity index (χ4n) is 3.53. The number of fused-ring (bicyclic) bond motifs is 1. The molecule has 0 aromatic carbocycles. The molecule has 3 aromatic rings. The fourth-order valence-corrected chi connectivity index (χ4v) is 5.18. The van der Waals surface area contributed by atoms with Gasteiger partial charge in [-0.1, -0.05) is 19.9 Å². The Bertz CT molecular complexity index is 1010. The van der Waals surface area contributed by atoms with Crippen molar-refractivity contribution in [3.8, 4) is 6.01 Å². The first-order valence-corrected chi connectivity index (χ1v) is 12.4. The van der Waals surface area contributed by atoms with Crippen LogP contribution >= 0.6 is 22.7 Å². The highest BCUT2D eigenvalue weighted by Gasteiger charge is 2.25. The summed E-state index contributed by atoms with van der Waals surface area (Å²) in [5, 5.41) is 12.3. The van der Waals surface area contributed by atoms with Gasteiger partial charge in [0.05, 0.1) is 18.4 Å². The molecule has 1 atom stereocenters. The van der Waals surface area contributed by atoms with E-state index in [0.29, 0.717) is 32.1 Å². The molecule has 9 heteroatoms. The van der Waals surface area contributed by atoms with E-state index in [2.05, 4.69) is 22.9 Å². The highest BCUT2D eigenvalue weighted by Crippen LogP contribution is 2.33. The van der Waals surface area contributed by atoms with Crippen molar-refractivity contribution in [3.63, 3.8) is 0 Å². The zero-order chi connectivity index (χ0) is 21.8. The number of thiophene rings is 2. The van der Waals surface area contributed by atoms with Gasteiger partial charge in [-0.15, -0.1) is 22.7 Å². The quantitative estimate of drug-likeness (QED) is 0.556. The second-order valence-corrected chi connectivity index (χ2v) is 9.99. The number of aromatic nitrogens is 2. The minimum Gasteiger partial charge on any atom is -0.463 e. The van der Waals surface area contributed by atoms with Gasteiger partial charge in [-0.3, -0.25) is 4.79 Å². The molecule has 0 aliphatic carbocycles. The van der Waals surface area contributed by atoms with Crippen LogP contribution < -0.4 is 9.64 Å². The number of carbonyl (C=O) groups excluding carboxylic acids is 1. The molecule has 4 heterocycles. The lowest BCUT2D eigenvalue weighted by molar-refractivity contribution is -0.130. The first-order valence-electron chi connectivity index (χ1n) is 10.7. The Kier molecular flexibility index (Phi) is 7.04. The van der Waals surface area contributed by atoms with E-state index in [9.17, 15) is 9.90 Å². The standard InChI is InChI=1S/C22H28N4O3S2/c1-3-16-11-18-20(23-22(24-21(18)31-16)29-14-15(2)13-27)26-8-6-25(7-9-26)19(28)12-17-5-4-10-30-17/h4-5,10-11,15,27H,3,6-9,12-14H2,1-2H3/t15-/m1/s1. The second kappa shape index (κ2) is 9.93. The average Bonchev–Trinajstić information content (AvgIpc) is 3.46. The van der Waals surface area contributed by atoms with E-state index in [4.69, 9.17) is 9.72 Å². The summed E-state index contributed by atoms with van der Waals surface area (Å²) in [5.74, 6) is 1.08. The summed E-state index contributed by atoms with van der Waals surface area (Å²) in [5.41, 5.74) is 0. The van der Waals surface area contributed by atoms with E-state index in [1.807, 2.05) is 29.3 Å². The number of hydrogen-bond donors (Lipinski definition) is 1. The van der Waals surface area contributed by atoms with E-state index in [-0.39, 0.29) is 18.4 Å². The van der Waals surface area contributed by atoms with Crippen molar-refractivity contribution >= 4 is 44.6 Å². The van der Waals surface area contributed by atoms with Crippen LogP contribution in [0.5, 0.6) is 6.01 Å². The van der Waals surface area contributed by atoms with Crippen molar-refractivity contribution in [2.45, 2.75) is 26.7 Å².